The molecular formula is C17H20N6OS3. The molecule has 0 bridgehead atoms. The number of nitrogen functional groups attached to an aromatic ring is 1. The van der Waals surface area contributed by atoms with Gasteiger partial charge in [0, 0.05) is 37.6 Å². The van der Waals surface area contributed by atoms with E-state index in [1.165, 1.54) is 21.3 Å². The van der Waals surface area contributed by atoms with Crippen LogP contribution in [0.15, 0.2) is 40.2 Å². The summed E-state index contributed by atoms with van der Waals surface area (Å²) >= 11 is 4.68. The number of thiophene rings is 2. The van der Waals surface area contributed by atoms with Crippen molar-refractivity contribution in [3.63, 3.8) is 0 Å². The third kappa shape index (κ3) is 4.34. The fraction of sp³-hybridized carbons (Fsp3) is 0.353. The number of thioether (sulfide) groups is 1. The maximum atomic E-state index is 12.5. The number of nitrogens with zero attached hydrogens (tertiary/aromatic N) is 5. The quantitative estimate of drug-likeness (QED) is 0.487. The molecule has 0 saturated carbocycles. The van der Waals surface area contributed by atoms with Gasteiger partial charge in [0.25, 0.3) is 0 Å². The van der Waals surface area contributed by atoms with Crippen molar-refractivity contribution in [2.45, 2.75) is 11.7 Å². The first kappa shape index (κ1) is 18.5. The van der Waals surface area contributed by atoms with Crippen molar-refractivity contribution in [2.75, 3.05) is 37.8 Å². The maximum absolute atomic E-state index is 12.5. The van der Waals surface area contributed by atoms with Gasteiger partial charge in [-0.2, -0.15) is 0 Å². The second-order valence-corrected chi connectivity index (χ2v) is 9.10. The van der Waals surface area contributed by atoms with E-state index in [0.29, 0.717) is 16.7 Å². The average Bonchev–Trinajstić information content (AvgIpc) is 3.43. The second kappa shape index (κ2) is 8.42. The number of piperazine rings is 1. The number of hydrogen-bond acceptors (Lipinski definition) is 8. The van der Waals surface area contributed by atoms with Crippen molar-refractivity contribution >= 4 is 40.3 Å². The van der Waals surface area contributed by atoms with Gasteiger partial charge in [-0.3, -0.25) is 9.69 Å². The summed E-state index contributed by atoms with van der Waals surface area (Å²) in [7, 11) is 0. The molecule has 142 valence electrons. The number of carbonyl (C=O) groups is 1. The first-order valence-electron chi connectivity index (χ1n) is 8.60. The Balaban J connectivity index is 1.27. The van der Waals surface area contributed by atoms with Gasteiger partial charge in [-0.1, -0.05) is 23.9 Å². The molecule has 0 unspecified atom stereocenters. The second-order valence-electron chi connectivity index (χ2n) is 6.18. The molecule has 4 rings (SSSR count). The Morgan fingerprint density at radius 1 is 1.11 bits per heavy atom. The Bertz CT molecular complexity index is 869. The third-order valence-corrected chi connectivity index (χ3v) is 7.07. The molecule has 0 aliphatic carbocycles. The summed E-state index contributed by atoms with van der Waals surface area (Å²) in [6, 6.07) is 8.14. The van der Waals surface area contributed by atoms with Crippen molar-refractivity contribution < 1.29 is 4.79 Å². The van der Waals surface area contributed by atoms with E-state index in [4.69, 9.17) is 5.84 Å². The molecule has 10 heteroatoms. The van der Waals surface area contributed by atoms with Crippen LogP contribution in [0.5, 0.6) is 0 Å². The van der Waals surface area contributed by atoms with E-state index < -0.39 is 0 Å². The van der Waals surface area contributed by atoms with E-state index in [1.54, 1.807) is 22.7 Å². The first-order chi connectivity index (χ1) is 13.2. The van der Waals surface area contributed by atoms with Crippen LogP contribution in [-0.4, -0.2) is 62.5 Å². The summed E-state index contributed by atoms with van der Waals surface area (Å²) in [5.41, 5.74) is 0. The van der Waals surface area contributed by atoms with E-state index in [0.717, 1.165) is 37.6 Å². The number of aromatic nitrogens is 3. The fourth-order valence-electron chi connectivity index (χ4n) is 2.95. The molecule has 3 aromatic heterocycles. The molecule has 4 heterocycles. The Labute approximate surface area is 169 Å². The van der Waals surface area contributed by atoms with Crippen LogP contribution in [-0.2, 0) is 11.3 Å². The summed E-state index contributed by atoms with van der Waals surface area (Å²) in [5.74, 6) is 7.16. The Hall–Kier alpha value is -1.88. The molecule has 7 nitrogen and oxygen atoms in total. The summed E-state index contributed by atoms with van der Waals surface area (Å²) < 4.78 is 1.46. The van der Waals surface area contributed by atoms with Crippen molar-refractivity contribution in [1.82, 2.24) is 24.7 Å². The molecule has 1 aliphatic heterocycles. The molecule has 1 fully saturated rings. The average molecular weight is 421 g/mol. The first-order valence-corrected chi connectivity index (χ1v) is 11.3. The lowest BCUT2D eigenvalue weighted by Gasteiger charge is -2.34. The highest BCUT2D eigenvalue weighted by molar-refractivity contribution is 7.99. The van der Waals surface area contributed by atoms with Gasteiger partial charge in [0.1, 0.15) is 0 Å². The highest BCUT2D eigenvalue weighted by atomic mass is 32.2. The minimum Gasteiger partial charge on any atom is -0.339 e. The molecule has 0 spiro atoms. The minimum atomic E-state index is 0.122. The van der Waals surface area contributed by atoms with E-state index in [1.807, 2.05) is 22.4 Å². The largest absolute Gasteiger partial charge is 0.339 e. The van der Waals surface area contributed by atoms with Gasteiger partial charge >= 0.3 is 0 Å². The van der Waals surface area contributed by atoms with E-state index in [-0.39, 0.29) is 5.91 Å². The van der Waals surface area contributed by atoms with Crippen LogP contribution >= 0.6 is 34.4 Å². The molecule has 3 aromatic rings. The number of amides is 1. The standard InChI is InChI=1S/C17H20N6OS3/c18-23-16(14-4-2-10-26-14)19-20-17(23)27-12-15(24)22-7-5-21(6-8-22)11-13-3-1-9-25-13/h1-4,9-10H,5-8,11-12,18H2. The van der Waals surface area contributed by atoms with E-state index >= 15 is 0 Å². The zero-order chi connectivity index (χ0) is 18.6. The van der Waals surface area contributed by atoms with E-state index in [9.17, 15) is 4.79 Å². The minimum absolute atomic E-state index is 0.122. The van der Waals surface area contributed by atoms with Crippen LogP contribution in [0.1, 0.15) is 4.88 Å². The molecule has 1 aliphatic rings. The predicted octanol–water partition coefficient (Wildman–Crippen LogP) is 2.22. The molecule has 0 radical (unpaired) electrons. The zero-order valence-corrected chi connectivity index (χ0v) is 17.1. The maximum Gasteiger partial charge on any atom is 0.233 e. The van der Waals surface area contributed by atoms with Crippen LogP contribution in [0.4, 0.5) is 0 Å². The highest BCUT2D eigenvalue weighted by Crippen LogP contribution is 2.25. The fourth-order valence-corrected chi connectivity index (χ4v) is 5.16. The smallest absolute Gasteiger partial charge is 0.233 e. The van der Waals surface area contributed by atoms with Gasteiger partial charge in [-0.25, -0.2) is 4.68 Å². The number of rotatable bonds is 6. The third-order valence-electron chi connectivity index (χ3n) is 4.42. The van der Waals surface area contributed by atoms with Crippen molar-refractivity contribution in [2.24, 2.45) is 0 Å². The van der Waals surface area contributed by atoms with Crippen LogP contribution in [0.3, 0.4) is 0 Å². The van der Waals surface area contributed by atoms with Crippen LogP contribution in [0.2, 0.25) is 0 Å². The Morgan fingerprint density at radius 2 is 1.89 bits per heavy atom. The van der Waals surface area contributed by atoms with Crippen LogP contribution in [0.25, 0.3) is 10.7 Å². The Kier molecular flexibility index (Phi) is 5.77. The van der Waals surface area contributed by atoms with Gasteiger partial charge in [0.2, 0.25) is 11.1 Å². The van der Waals surface area contributed by atoms with Gasteiger partial charge in [-0.15, -0.1) is 32.9 Å². The normalized spacial score (nSPS) is 15.3. The topological polar surface area (TPSA) is 80.3 Å². The summed E-state index contributed by atoms with van der Waals surface area (Å²) in [6.07, 6.45) is 0. The number of nitrogens with two attached hydrogens (primary N) is 1. The lowest BCUT2D eigenvalue weighted by Crippen LogP contribution is -2.48. The van der Waals surface area contributed by atoms with Crippen LogP contribution in [0, 0.1) is 0 Å². The molecule has 1 saturated heterocycles. The van der Waals surface area contributed by atoms with Crippen molar-refractivity contribution in [1.29, 1.82) is 0 Å². The molecule has 2 N–H and O–H groups in total. The van der Waals surface area contributed by atoms with Gasteiger partial charge < -0.3 is 10.7 Å². The van der Waals surface area contributed by atoms with Crippen molar-refractivity contribution in [3.8, 4) is 10.7 Å². The summed E-state index contributed by atoms with van der Waals surface area (Å²) in [6.45, 7) is 4.31. The lowest BCUT2D eigenvalue weighted by atomic mass is 10.3. The summed E-state index contributed by atoms with van der Waals surface area (Å²) in [4.78, 5) is 19.2. The molecule has 0 aromatic carbocycles. The predicted molar refractivity (Wildman–Crippen MR) is 110 cm³/mol. The van der Waals surface area contributed by atoms with Crippen molar-refractivity contribution in [3.05, 3.63) is 39.9 Å². The molecular weight excluding hydrogens is 400 g/mol. The van der Waals surface area contributed by atoms with Gasteiger partial charge in [0.05, 0.1) is 10.6 Å². The number of hydrogen-bond donors (Lipinski definition) is 1. The summed E-state index contributed by atoms with van der Waals surface area (Å²) in [5, 5.41) is 12.9. The van der Waals surface area contributed by atoms with Crippen LogP contribution < -0.4 is 5.84 Å². The van der Waals surface area contributed by atoms with Gasteiger partial charge in [0.15, 0.2) is 5.82 Å². The van der Waals surface area contributed by atoms with Gasteiger partial charge in [-0.05, 0) is 22.9 Å². The SMILES string of the molecule is Nn1c(SCC(=O)N2CCN(Cc3cccs3)CC2)nnc1-c1cccs1. The monoisotopic (exact) mass is 420 g/mol. The molecule has 0 atom stereocenters. The molecule has 1 amide bonds. The zero-order valence-electron chi connectivity index (χ0n) is 14.7. The Morgan fingerprint density at radius 3 is 2.59 bits per heavy atom. The molecule has 27 heavy (non-hydrogen) atoms. The number of carbonyl (C=O) groups excluding carboxylic acids is 1. The van der Waals surface area contributed by atoms with E-state index in [2.05, 4.69) is 32.6 Å². The highest BCUT2D eigenvalue weighted by Gasteiger charge is 2.22. The lowest BCUT2D eigenvalue weighted by molar-refractivity contribution is -0.130.